The number of carbonyl (C=O) groups is 1. The van der Waals surface area contributed by atoms with Crippen molar-refractivity contribution in [3.8, 4) is 0 Å². The third-order valence-corrected chi connectivity index (χ3v) is 5.79. The number of aromatic nitrogens is 2. The zero-order valence-corrected chi connectivity index (χ0v) is 15.1. The number of likely N-dealkylation sites (tertiary alicyclic amines) is 2. The summed E-state index contributed by atoms with van der Waals surface area (Å²) < 4.78 is 1.87. The van der Waals surface area contributed by atoms with Crippen LogP contribution in [0.1, 0.15) is 57.9 Å². The van der Waals surface area contributed by atoms with Crippen LogP contribution in [0, 0.1) is 5.92 Å². The predicted molar refractivity (Wildman–Crippen MR) is 92.5 cm³/mol. The van der Waals surface area contributed by atoms with Gasteiger partial charge in [-0.2, -0.15) is 0 Å². The van der Waals surface area contributed by atoms with Gasteiger partial charge in [-0.1, -0.05) is 0 Å². The van der Waals surface area contributed by atoms with E-state index in [0.717, 1.165) is 44.6 Å². The van der Waals surface area contributed by atoms with E-state index in [9.17, 15) is 9.90 Å². The lowest BCUT2D eigenvalue weighted by molar-refractivity contribution is 0.0427. The van der Waals surface area contributed by atoms with Crippen LogP contribution in [-0.2, 0) is 7.05 Å². The van der Waals surface area contributed by atoms with Gasteiger partial charge in [-0.15, -0.1) is 0 Å². The molecule has 0 radical (unpaired) electrons. The van der Waals surface area contributed by atoms with Crippen LogP contribution in [0.4, 0.5) is 4.79 Å². The van der Waals surface area contributed by atoms with Gasteiger partial charge in [0.1, 0.15) is 11.9 Å². The largest absolute Gasteiger partial charge is 0.385 e. The lowest BCUT2D eigenvalue weighted by Gasteiger charge is -2.43. The third-order valence-electron chi connectivity index (χ3n) is 5.79. The van der Waals surface area contributed by atoms with Crippen LogP contribution in [-0.4, -0.2) is 55.7 Å². The number of imidazole rings is 1. The first-order valence-electron chi connectivity index (χ1n) is 9.21. The Morgan fingerprint density at radius 1 is 1.21 bits per heavy atom. The maximum absolute atomic E-state index is 12.9. The molecule has 1 N–H and O–H groups in total. The zero-order chi connectivity index (χ0) is 17.3. The van der Waals surface area contributed by atoms with Crippen LogP contribution in [0.5, 0.6) is 0 Å². The molecular weight excluding hydrogens is 304 g/mol. The van der Waals surface area contributed by atoms with Crippen LogP contribution >= 0.6 is 0 Å². The quantitative estimate of drug-likeness (QED) is 0.904. The second kappa shape index (κ2) is 7.13. The maximum atomic E-state index is 12.9. The summed E-state index contributed by atoms with van der Waals surface area (Å²) in [6.07, 6.45) is 8.10. The first-order valence-corrected chi connectivity index (χ1v) is 9.21. The number of rotatable bonds is 2. The van der Waals surface area contributed by atoms with Crippen molar-refractivity contribution < 1.29 is 9.90 Å². The van der Waals surface area contributed by atoms with Crippen LogP contribution in [0.3, 0.4) is 0 Å². The van der Waals surface area contributed by atoms with E-state index < -0.39 is 6.10 Å². The van der Waals surface area contributed by atoms with E-state index in [2.05, 4.69) is 23.7 Å². The Hall–Kier alpha value is -1.56. The lowest BCUT2D eigenvalue weighted by Crippen LogP contribution is -2.54. The summed E-state index contributed by atoms with van der Waals surface area (Å²) in [4.78, 5) is 21.2. The number of aryl methyl sites for hydroxylation is 1. The average Bonchev–Trinajstić information content (AvgIpc) is 3.00. The first-order chi connectivity index (χ1) is 11.5. The number of aliphatic hydroxyl groups is 1. The molecule has 1 aromatic heterocycles. The summed E-state index contributed by atoms with van der Waals surface area (Å²) in [5.41, 5.74) is 0. The van der Waals surface area contributed by atoms with Crippen LogP contribution in [0.25, 0.3) is 0 Å². The number of carbonyl (C=O) groups excluding carboxylic acids is 1. The SMILES string of the molecule is CC1CCCC(C)N1C(=O)N1CCC(C(O)c2nccn2C)CC1. The molecule has 2 fully saturated rings. The van der Waals surface area contributed by atoms with Gasteiger partial charge in [0.15, 0.2) is 0 Å². The second-order valence-corrected chi connectivity index (χ2v) is 7.48. The summed E-state index contributed by atoms with van der Waals surface area (Å²) in [5.74, 6) is 0.893. The molecule has 6 nitrogen and oxygen atoms in total. The summed E-state index contributed by atoms with van der Waals surface area (Å²) in [7, 11) is 1.91. The lowest BCUT2D eigenvalue weighted by atomic mass is 9.90. The average molecular weight is 334 g/mol. The minimum atomic E-state index is -0.546. The van der Waals surface area contributed by atoms with E-state index in [-0.39, 0.29) is 11.9 Å². The zero-order valence-electron chi connectivity index (χ0n) is 15.1. The summed E-state index contributed by atoms with van der Waals surface area (Å²) in [5, 5.41) is 10.6. The molecule has 6 heteroatoms. The Morgan fingerprint density at radius 2 is 1.83 bits per heavy atom. The van der Waals surface area contributed by atoms with Crippen LogP contribution < -0.4 is 0 Å². The topological polar surface area (TPSA) is 61.6 Å². The Balaban J connectivity index is 1.58. The van der Waals surface area contributed by atoms with Crippen molar-refractivity contribution in [2.24, 2.45) is 13.0 Å². The second-order valence-electron chi connectivity index (χ2n) is 7.48. The molecule has 1 aromatic rings. The number of amides is 2. The molecule has 3 heterocycles. The number of aliphatic hydroxyl groups excluding tert-OH is 1. The van der Waals surface area contributed by atoms with Gasteiger partial charge in [0.05, 0.1) is 0 Å². The minimum Gasteiger partial charge on any atom is -0.385 e. The molecule has 0 aromatic carbocycles. The van der Waals surface area contributed by atoms with Gasteiger partial charge in [0, 0.05) is 44.6 Å². The Kier molecular flexibility index (Phi) is 5.13. The van der Waals surface area contributed by atoms with Crippen molar-refractivity contribution in [1.29, 1.82) is 0 Å². The maximum Gasteiger partial charge on any atom is 0.320 e. The molecular formula is C18H30N4O2. The highest BCUT2D eigenvalue weighted by atomic mass is 16.3. The predicted octanol–water partition coefficient (Wildman–Crippen LogP) is 2.55. The van der Waals surface area contributed by atoms with Crippen molar-refractivity contribution in [1.82, 2.24) is 19.4 Å². The molecule has 0 aliphatic carbocycles. The molecule has 0 bridgehead atoms. The van der Waals surface area contributed by atoms with E-state index in [0.29, 0.717) is 12.1 Å². The van der Waals surface area contributed by atoms with Gasteiger partial charge < -0.3 is 19.5 Å². The normalized spacial score (nSPS) is 27.3. The third kappa shape index (κ3) is 3.29. The molecule has 134 valence electrons. The number of urea groups is 1. The van der Waals surface area contributed by atoms with E-state index >= 15 is 0 Å². The molecule has 2 aliphatic rings. The Labute approximate surface area is 144 Å². The molecule has 3 rings (SSSR count). The molecule has 2 aliphatic heterocycles. The summed E-state index contributed by atoms with van der Waals surface area (Å²) in [6.45, 7) is 5.76. The molecule has 0 spiro atoms. The highest BCUT2D eigenvalue weighted by molar-refractivity contribution is 5.75. The van der Waals surface area contributed by atoms with Gasteiger partial charge in [0.2, 0.25) is 0 Å². The number of piperidine rings is 2. The monoisotopic (exact) mass is 334 g/mol. The minimum absolute atomic E-state index is 0.173. The summed E-state index contributed by atoms with van der Waals surface area (Å²) in [6, 6.07) is 0.842. The fraction of sp³-hybridized carbons (Fsp3) is 0.778. The van der Waals surface area contributed by atoms with Gasteiger partial charge >= 0.3 is 6.03 Å². The Bertz CT molecular complexity index is 555. The van der Waals surface area contributed by atoms with Crippen LogP contribution in [0.2, 0.25) is 0 Å². The fourth-order valence-electron chi connectivity index (χ4n) is 4.24. The van der Waals surface area contributed by atoms with E-state index in [1.807, 2.05) is 22.7 Å². The summed E-state index contributed by atoms with van der Waals surface area (Å²) >= 11 is 0. The van der Waals surface area contributed by atoms with Crippen molar-refractivity contribution in [2.45, 2.75) is 64.1 Å². The first kappa shape index (κ1) is 17.3. The molecule has 2 amide bonds. The highest BCUT2D eigenvalue weighted by Gasteiger charge is 2.35. The van der Waals surface area contributed by atoms with Crippen molar-refractivity contribution in [3.63, 3.8) is 0 Å². The number of hydrogen-bond acceptors (Lipinski definition) is 3. The number of hydrogen-bond donors (Lipinski definition) is 1. The van der Waals surface area contributed by atoms with Gasteiger partial charge in [-0.3, -0.25) is 0 Å². The Morgan fingerprint density at radius 3 is 2.38 bits per heavy atom. The van der Waals surface area contributed by atoms with Crippen molar-refractivity contribution in [2.75, 3.05) is 13.1 Å². The van der Waals surface area contributed by atoms with E-state index in [4.69, 9.17) is 0 Å². The number of nitrogens with zero attached hydrogens (tertiary/aromatic N) is 4. The smallest absolute Gasteiger partial charge is 0.320 e. The van der Waals surface area contributed by atoms with E-state index in [1.165, 1.54) is 6.42 Å². The molecule has 0 saturated carbocycles. The van der Waals surface area contributed by atoms with Gasteiger partial charge in [0.25, 0.3) is 0 Å². The van der Waals surface area contributed by atoms with Crippen molar-refractivity contribution >= 4 is 6.03 Å². The molecule has 3 unspecified atom stereocenters. The van der Waals surface area contributed by atoms with Gasteiger partial charge in [-0.05, 0) is 51.9 Å². The molecule has 3 atom stereocenters. The fourth-order valence-corrected chi connectivity index (χ4v) is 4.24. The highest BCUT2D eigenvalue weighted by Crippen LogP contribution is 2.31. The molecule has 24 heavy (non-hydrogen) atoms. The van der Waals surface area contributed by atoms with Crippen LogP contribution in [0.15, 0.2) is 12.4 Å². The standard InChI is InChI=1S/C18H30N4O2/c1-13-5-4-6-14(2)22(13)18(24)21-10-7-15(8-11-21)16(23)17-19-9-12-20(17)3/h9,12-16,23H,4-8,10-11H2,1-3H3. The van der Waals surface area contributed by atoms with Crippen molar-refractivity contribution in [3.05, 3.63) is 18.2 Å². The van der Waals surface area contributed by atoms with Gasteiger partial charge in [-0.25, -0.2) is 9.78 Å². The van der Waals surface area contributed by atoms with E-state index in [1.54, 1.807) is 6.20 Å². The molecule has 2 saturated heterocycles.